The summed E-state index contributed by atoms with van der Waals surface area (Å²) < 4.78 is 0. The summed E-state index contributed by atoms with van der Waals surface area (Å²) in [5, 5.41) is 3.18. The number of benzene rings is 1. The van der Waals surface area contributed by atoms with Crippen molar-refractivity contribution in [3.63, 3.8) is 0 Å². The molecule has 1 aliphatic heterocycles. The number of aromatic nitrogens is 2. The fraction of sp³-hybridized carbons (Fsp3) is 0.529. The van der Waals surface area contributed by atoms with E-state index in [1.54, 1.807) is 0 Å². The standard InChI is InChI=1S/C17H26N6/c1-2-23-11-5-6-13(23)12-20-17(18)19-10-9-16-21-14-7-3-4-8-15(14)22-16/h3-4,7-8,13H,2,5-6,9-12H2,1H3,(H,21,22)(H3,18,19,20). The number of likely N-dealkylation sites (N-methyl/N-ethyl adjacent to an activating group) is 1. The van der Waals surface area contributed by atoms with E-state index in [1.165, 1.54) is 19.4 Å². The Bertz CT molecular complexity index is 629. The third kappa shape index (κ3) is 4.01. The molecule has 1 unspecified atom stereocenters. The highest BCUT2D eigenvalue weighted by Gasteiger charge is 2.22. The molecule has 0 aliphatic carbocycles. The summed E-state index contributed by atoms with van der Waals surface area (Å²) in [6.07, 6.45) is 3.30. The number of para-hydroxylation sites is 2. The molecule has 0 bridgehead atoms. The van der Waals surface area contributed by atoms with Gasteiger partial charge in [-0.1, -0.05) is 19.1 Å². The van der Waals surface area contributed by atoms with Crippen LogP contribution in [0, 0.1) is 0 Å². The van der Waals surface area contributed by atoms with Crippen molar-refractivity contribution in [2.45, 2.75) is 32.2 Å². The highest BCUT2D eigenvalue weighted by Crippen LogP contribution is 2.16. The van der Waals surface area contributed by atoms with Gasteiger partial charge in [0.1, 0.15) is 5.82 Å². The summed E-state index contributed by atoms with van der Waals surface area (Å²) in [5.74, 6) is 1.50. The summed E-state index contributed by atoms with van der Waals surface area (Å²) in [7, 11) is 0. The summed E-state index contributed by atoms with van der Waals surface area (Å²) in [6, 6.07) is 8.61. The van der Waals surface area contributed by atoms with E-state index in [2.05, 4.69) is 32.1 Å². The number of likely N-dealkylation sites (tertiary alicyclic amines) is 1. The van der Waals surface area contributed by atoms with E-state index < -0.39 is 0 Å². The number of nitrogens with zero attached hydrogens (tertiary/aromatic N) is 3. The number of fused-ring (bicyclic) bond motifs is 1. The SMILES string of the molecule is CCN1CCCC1CN=C(N)NCCc1nc2ccccc2[nH]1. The molecule has 6 heteroatoms. The van der Waals surface area contributed by atoms with Crippen molar-refractivity contribution in [2.75, 3.05) is 26.2 Å². The Morgan fingerprint density at radius 1 is 1.48 bits per heavy atom. The molecule has 2 aromatic rings. The van der Waals surface area contributed by atoms with Crippen LogP contribution in [0.1, 0.15) is 25.6 Å². The first kappa shape index (κ1) is 15.8. The molecule has 0 amide bonds. The molecular formula is C17H26N6. The molecule has 1 aromatic heterocycles. The number of aromatic amines is 1. The van der Waals surface area contributed by atoms with Crippen LogP contribution in [0.25, 0.3) is 11.0 Å². The molecule has 1 fully saturated rings. The van der Waals surface area contributed by atoms with Crippen LogP contribution in [0.4, 0.5) is 0 Å². The van der Waals surface area contributed by atoms with Crippen LogP contribution in [0.2, 0.25) is 0 Å². The zero-order valence-corrected chi connectivity index (χ0v) is 13.8. The zero-order chi connectivity index (χ0) is 16.1. The van der Waals surface area contributed by atoms with Gasteiger partial charge in [-0.2, -0.15) is 0 Å². The lowest BCUT2D eigenvalue weighted by atomic mass is 10.2. The van der Waals surface area contributed by atoms with Crippen LogP contribution in [-0.2, 0) is 6.42 Å². The molecule has 0 spiro atoms. The Morgan fingerprint density at radius 3 is 3.17 bits per heavy atom. The molecule has 0 saturated carbocycles. The number of rotatable bonds is 6. The average Bonchev–Trinajstić information content (AvgIpc) is 3.18. The molecule has 1 atom stereocenters. The van der Waals surface area contributed by atoms with Gasteiger partial charge < -0.3 is 16.0 Å². The van der Waals surface area contributed by atoms with Crippen LogP contribution in [0.15, 0.2) is 29.3 Å². The predicted octanol–water partition coefficient (Wildman–Crippen LogP) is 1.49. The van der Waals surface area contributed by atoms with E-state index in [1.807, 2.05) is 24.3 Å². The summed E-state index contributed by atoms with van der Waals surface area (Å²) in [6.45, 7) is 6.02. The third-order valence-corrected chi connectivity index (χ3v) is 4.48. The lowest BCUT2D eigenvalue weighted by molar-refractivity contribution is 0.273. The number of aliphatic imine (C=N–C) groups is 1. The lowest BCUT2D eigenvalue weighted by Gasteiger charge is -2.20. The Hall–Kier alpha value is -2.08. The van der Waals surface area contributed by atoms with Gasteiger partial charge in [0, 0.05) is 19.0 Å². The molecule has 1 aliphatic rings. The number of imidazole rings is 1. The van der Waals surface area contributed by atoms with Crippen molar-refractivity contribution >= 4 is 17.0 Å². The van der Waals surface area contributed by atoms with Crippen molar-refractivity contribution in [1.82, 2.24) is 20.2 Å². The zero-order valence-electron chi connectivity index (χ0n) is 13.8. The highest BCUT2D eigenvalue weighted by molar-refractivity contribution is 5.78. The Labute approximate surface area is 137 Å². The van der Waals surface area contributed by atoms with Gasteiger partial charge in [0.25, 0.3) is 0 Å². The van der Waals surface area contributed by atoms with Crippen molar-refractivity contribution in [1.29, 1.82) is 0 Å². The van der Waals surface area contributed by atoms with E-state index in [9.17, 15) is 0 Å². The Kier molecular flexibility index (Phi) is 5.12. The monoisotopic (exact) mass is 314 g/mol. The molecule has 3 rings (SSSR count). The first-order valence-corrected chi connectivity index (χ1v) is 8.47. The van der Waals surface area contributed by atoms with Crippen LogP contribution in [0.5, 0.6) is 0 Å². The molecule has 1 aromatic carbocycles. The van der Waals surface area contributed by atoms with Crippen LogP contribution < -0.4 is 11.1 Å². The minimum atomic E-state index is 0.532. The molecule has 23 heavy (non-hydrogen) atoms. The lowest BCUT2D eigenvalue weighted by Crippen LogP contribution is -2.36. The second kappa shape index (κ2) is 7.46. The van der Waals surface area contributed by atoms with E-state index in [-0.39, 0.29) is 0 Å². The van der Waals surface area contributed by atoms with Gasteiger partial charge >= 0.3 is 0 Å². The van der Waals surface area contributed by atoms with E-state index >= 15 is 0 Å². The average molecular weight is 314 g/mol. The molecule has 4 N–H and O–H groups in total. The predicted molar refractivity (Wildman–Crippen MR) is 94.6 cm³/mol. The molecular weight excluding hydrogens is 288 g/mol. The van der Waals surface area contributed by atoms with Gasteiger partial charge in [0.15, 0.2) is 5.96 Å². The second-order valence-corrected chi connectivity index (χ2v) is 6.03. The second-order valence-electron chi connectivity index (χ2n) is 6.03. The van der Waals surface area contributed by atoms with Gasteiger partial charge in [-0.25, -0.2) is 4.98 Å². The maximum absolute atomic E-state index is 5.97. The smallest absolute Gasteiger partial charge is 0.188 e. The maximum atomic E-state index is 5.97. The number of nitrogens with two attached hydrogens (primary N) is 1. The normalized spacial score (nSPS) is 19.5. The van der Waals surface area contributed by atoms with Gasteiger partial charge in [-0.05, 0) is 38.1 Å². The Balaban J connectivity index is 1.45. The molecule has 0 radical (unpaired) electrons. The number of guanidine groups is 1. The van der Waals surface area contributed by atoms with Crippen molar-refractivity contribution in [2.24, 2.45) is 10.7 Å². The molecule has 2 heterocycles. The number of hydrogen-bond donors (Lipinski definition) is 3. The van der Waals surface area contributed by atoms with Crippen molar-refractivity contribution in [3.8, 4) is 0 Å². The highest BCUT2D eigenvalue weighted by atomic mass is 15.2. The van der Waals surface area contributed by atoms with Crippen molar-refractivity contribution in [3.05, 3.63) is 30.1 Å². The largest absolute Gasteiger partial charge is 0.370 e. The third-order valence-electron chi connectivity index (χ3n) is 4.48. The fourth-order valence-electron chi connectivity index (χ4n) is 3.21. The van der Waals surface area contributed by atoms with Crippen LogP contribution in [0.3, 0.4) is 0 Å². The minimum absolute atomic E-state index is 0.532. The number of H-pyrrole nitrogens is 1. The van der Waals surface area contributed by atoms with Crippen LogP contribution >= 0.6 is 0 Å². The number of nitrogens with one attached hydrogen (secondary N) is 2. The van der Waals surface area contributed by atoms with E-state index in [0.29, 0.717) is 12.0 Å². The molecule has 1 saturated heterocycles. The fourth-order valence-corrected chi connectivity index (χ4v) is 3.21. The topological polar surface area (TPSA) is 82.3 Å². The number of hydrogen-bond acceptors (Lipinski definition) is 3. The summed E-state index contributed by atoms with van der Waals surface area (Å²) >= 11 is 0. The van der Waals surface area contributed by atoms with Crippen molar-refractivity contribution < 1.29 is 0 Å². The van der Waals surface area contributed by atoms with E-state index in [0.717, 1.165) is 42.9 Å². The minimum Gasteiger partial charge on any atom is -0.370 e. The van der Waals surface area contributed by atoms with Gasteiger partial charge in [-0.15, -0.1) is 0 Å². The van der Waals surface area contributed by atoms with Gasteiger partial charge in [-0.3, -0.25) is 9.89 Å². The summed E-state index contributed by atoms with van der Waals surface area (Å²) in [5.41, 5.74) is 8.05. The summed E-state index contributed by atoms with van der Waals surface area (Å²) in [4.78, 5) is 14.8. The molecule has 124 valence electrons. The van der Waals surface area contributed by atoms with Gasteiger partial charge in [0.05, 0.1) is 17.6 Å². The molecule has 6 nitrogen and oxygen atoms in total. The first-order chi connectivity index (χ1) is 11.3. The Morgan fingerprint density at radius 2 is 2.35 bits per heavy atom. The maximum Gasteiger partial charge on any atom is 0.188 e. The van der Waals surface area contributed by atoms with E-state index in [4.69, 9.17) is 5.73 Å². The van der Waals surface area contributed by atoms with Crippen LogP contribution in [-0.4, -0.2) is 53.0 Å². The van der Waals surface area contributed by atoms with Gasteiger partial charge in [0.2, 0.25) is 0 Å². The first-order valence-electron chi connectivity index (χ1n) is 8.47. The quantitative estimate of drug-likeness (QED) is 0.557.